The normalized spacial score (nSPS) is 21.4. The summed E-state index contributed by atoms with van der Waals surface area (Å²) in [7, 11) is 1.24. The zero-order valence-corrected chi connectivity index (χ0v) is 35.9. The molecule has 4 heterocycles. The Bertz CT molecular complexity index is 2300. The molecule has 2 aromatic heterocycles. The Morgan fingerprint density at radius 3 is 2.26 bits per heavy atom. The lowest BCUT2D eigenvalue weighted by atomic mass is 10.00. The van der Waals surface area contributed by atoms with Gasteiger partial charge in [0.25, 0.3) is 5.91 Å². The van der Waals surface area contributed by atoms with Crippen LogP contribution < -0.4 is 20.3 Å². The molecule has 1 saturated carbocycles. The van der Waals surface area contributed by atoms with E-state index < -0.39 is 30.2 Å². The Morgan fingerprint density at radius 1 is 0.935 bits per heavy atom. The second-order valence-corrected chi connectivity index (χ2v) is 17.7. The number of aromatic amines is 1. The average molecular weight is 859 g/mol. The standard InChI is InChI=1S/C45H53F3N8O6/c1-25(2)38(53-43(60)61-7)42(59)56-23-26(3)18-35(56)39-50-22-34(52-39)29-10-8-28(9-11-29)32-14-12-30(19-36(32)62-45(46,47)48)40(57)51-31-13-15-37(49-21-31)55-17-16-54(24-27(55)4)41(58)33-20-44(33,5)6/h8-15,19,21-22,25-27,33,35,38H,16-18,20,23-24H2,1-7H3,(H,50,52)(H,51,57)(H,53,60)/t26-,27+,33+,35-,38-/m0/s1. The van der Waals surface area contributed by atoms with E-state index >= 15 is 0 Å². The average Bonchev–Trinajstić information content (AvgIpc) is 3.50. The van der Waals surface area contributed by atoms with Crippen LogP contribution in [0.2, 0.25) is 0 Å². The number of hydrogen-bond donors (Lipinski definition) is 3. The summed E-state index contributed by atoms with van der Waals surface area (Å²) in [6.07, 6.45) is -1.03. The molecule has 2 saturated heterocycles. The van der Waals surface area contributed by atoms with Crippen LogP contribution >= 0.6 is 0 Å². The van der Waals surface area contributed by atoms with Gasteiger partial charge in [-0.1, -0.05) is 58.9 Å². The van der Waals surface area contributed by atoms with Crippen LogP contribution in [0.15, 0.2) is 67.0 Å². The Balaban J connectivity index is 1.02. The Kier molecular flexibility index (Phi) is 12.3. The van der Waals surface area contributed by atoms with Gasteiger partial charge in [-0.25, -0.2) is 14.8 Å². The van der Waals surface area contributed by atoms with E-state index in [-0.39, 0.29) is 58.2 Å². The van der Waals surface area contributed by atoms with E-state index in [1.807, 2.05) is 32.6 Å². The maximum atomic E-state index is 13.7. The summed E-state index contributed by atoms with van der Waals surface area (Å²) in [5.74, 6) is 0.0868. The third kappa shape index (κ3) is 9.66. The predicted octanol–water partition coefficient (Wildman–Crippen LogP) is 7.66. The van der Waals surface area contributed by atoms with E-state index in [0.717, 1.165) is 12.5 Å². The molecular weight excluding hydrogens is 806 g/mol. The van der Waals surface area contributed by atoms with E-state index in [4.69, 9.17) is 4.74 Å². The van der Waals surface area contributed by atoms with Crippen molar-refractivity contribution in [3.8, 4) is 28.1 Å². The number of amides is 4. The number of anilines is 2. The van der Waals surface area contributed by atoms with Gasteiger partial charge in [0.05, 0.1) is 36.9 Å². The molecule has 3 fully saturated rings. The topological polar surface area (TPSA) is 162 Å². The first-order valence-corrected chi connectivity index (χ1v) is 20.8. The molecule has 1 aliphatic carbocycles. The molecule has 0 spiro atoms. The number of methoxy groups -OCH3 is 1. The van der Waals surface area contributed by atoms with Crippen molar-refractivity contribution in [1.82, 2.24) is 30.1 Å². The molecule has 0 radical (unpaired) electrons. The van der Waals surface area contributed by atoms with Crippen LogP contribution in [0.25, 0.3) is 22.4 Å². The molecular formula is C45H53F3N8O6. The number of alkyl carbamates (subject to hydrolysis) is 1. The first kappa shape index (κ1) is 43.9. The second-order valence-electron chi connectivity index (χ2n) is 17.7. The van der Waals surface area contributed by atoms with Gasteiger partial charge < -0.3 is 39.8 Å². The molecule has 0 unspecified atom stereocenters. The molecule has 3 N–H and O–H groups in total. The number of pyridine rings is 1. The molecule has 2 aliphatic heterocycles. The fourth-order valence-corrected chi connectivity index (χ4v) is 8.46. The van der Waals surface area contributed by atoms with Crippen molar-refractivity contribution in [2.75, 3.05) is 43.5 Å². The fourth-order valence-electron chi connectivity index (χ4n) is 8.46. The van der Waals surface area contributed by atoms with E-state index in [0.29, 0.717) is 66.8 Å². The Hall–Kier alpha value is -6.13. The van der Waals surface area contributed by atoms with Gasteiger partial charge in [0, 0.05) is 49.3 Å². The number of halogens is 3. The van der Waals surface area contributed by atoms with Crippen LogP contribution in [-0.2, 0) is 14.3 Å². The number of H-pyrrole nitrogens is 1. The predicted molar refractivity (Wildman–Crippen MR) is 226 cm³/mol. The molecule has 4 aromatic rings. The summed E-state index contributed by atoms with van der Waals surface area (Å²) in [6.45, 7) is 14.3. The van der Waals surface area contributed by atoms with Gasteiger partial charge in [0.15, 0.2) is 0 Å². The number of benzene rings is 2. The van der Waals surface area contributed by atoms with Crippen LogP contribution in [0.3, 0.4) is 0 Å². The number of carbonyl (C=O) groups excluding carboxylic acids is 4. The molecule has 17 heteroatoms. The van der Waals surface area contributed by atoms with Crippen LogP contribution in [0.5, 0.6) is 5.75 Å². The monoisotopic (exact) mass is 858 g/mol. The van der Waals surface area contributed by atoms with Crippen molar-refractivity contribution in [3.05, 3.63) is 78.4 Å². The van der Waals surface area contributed by atoms with Crippen LogP contribution in [0, 0.1) is 23.2 Å². The van der Waals surface area contributed by atoms with E-state index in [2.05, 4.69) is 49.1 Å². The number of alkyl halides is 3. The minimum Gasteiger partial charge on any atom is -0.453 e. The fraction of sp³-hybridized carbons (Fsp3) is 0.467. The smallest absolute Gasteiger partial charge is 0.453 e. The molecule has 62 heavy (non-hydrogen) atoms. The number of nitrogens with zero attached hydrogens (tertiary/aromatic N) is 5. The minimum atomic E-state index is -5.03. The number of nitrogens with one attached hydrogen (secondary N) is 3. The largest absolute Gasteiger partial charge is 0.573 e. The number of imidazole rings is 1. The minimum absolute atomic E-state index is 0.0288. The maximum absolute atomic E-state index is 13.7. The highest BCUT2D eigenvalue weighted by Crippen LogP contribution is 2.52. The zero-order valence-electron chi connectivity index (χ0n) is 35.9. The number of rotatable bonds is 11. The number of piperazine rings is 1. The van der Waals surface area contributed by atoms with Crippen molar-refractivity contribution in [2.45, 2.75) is 78.9 Å². The lowest BCUT2D eigenvalue weighted by Gasteiger charge is -2.41. The number of likely N-dealkylation sites (tertiary alicyclic amines) is 1. The highest BCUT2D eigenvalue weighted by molar-refractivity contribution is 6.05. The molecule has 2 aromatic carbocycles. The molecule has 3 aliphatic rings. The number of aromatic nitrogens is 3. The van der Waals surface area contributed by atoms with Gasteiger partial charge in [0.2, 0.25) is 11.8 Å². The van der Waals surface area contributed by atoms with Crippen molar-refractivity contribution in [1.29, 1.82) is 0 Å². The van der Waals surface area contributed by atoms with Crippen LogP contribution in [0.4, 0.5) is 29.5 Å². The summed E-state index contributed by atoms with van der Waals surface area (Å²) < 4.78 is 50.4. The van der Waals surface area contributed by atoms with Crippen LogP contribution in [0.1, 0.15) is 76.6 Å². The zero-order chi connectivity index (χ0) is 44.7. The van der Waals surface area contributed by atoms with Gasteiger partial charge in [-0.3, -0.25) is 14.4 Å². The number of hydrogen-bond acceptors (Lipinski definition) is 9. The molecule has 7 rings (SSSR count). The summed E-state index contributed by atoms with van der Waals surface area (Å²) in [5, 5.41) is 5.36. The SMILES string of the molecule is COC(=O)N[C@H](C(=O)N1C[C@@H](C)C[C@H]1c1ncc(-c2ccc(-c3ccc(C(=O)Nc4ccc(N5CCN(C(=O)[C@H]6CC6(C)C)C[C@H]5C)nc4)cc3OC(F)(F)F)cc2)[nH]1)C(C)C. The first-order chi connectivity index (χ1) is 29.3. The van der Waals surface area contributed by atoms with Gasteiger partial charge in [-0.2, -0.15) is 0 Å². The van der Waals surface area contributed by atoms with Crippen molar-refractivity contribution in [2.24, 2.45) is 23.2 Å². The highest BCUT2D eigenvalue weighted by atomic mass is 19.4. The van der Waals surface area contributed by atoms with Gasteiger partial charge in [-0.15, -0.1) is 13.2 Å². The quantitative estimate of drug-likeness (QED) is 0.138. The van der Waals surface area contributed by atoms with Gasteiger partial charge in [-0.05, 0) is 78.5 Å². The third-order valence-corrected chi connectivity index (χ3v) is 12.1. The molecule has 14 nitrogen and oxygen atoms in total. The lowest BCUT2D eigenvalue weighted by molar-refractivity contribution is -0.274. The summed E-state index contributed by atoms with van der Waals surface area (Å²) in [6, 6.07) is 13.0. The van der Waals surface area contributed by atoms with Gasteiger partial charge >= 0.3 is 12.5 Å². The molecule has 4 amide bonds. The summed E-state index contributed by atoms with van der Waals surface area (Å²) in [5.41, 5.74) is 2.22. The summed E-state index contributed by atoms with van der Waals surface area (Å²) >= 11 is 0. The Morgan fingerprint density at radius 2 is 1.65 bits per heavy atom. The summed E-state index contributed by atoms with van der Waals surface area (Å²) in [4.78, 5) is 70.2. The van der Waals surface area contributed by atoms with Crippen molar-refractivity contribution >= 4 is 35.3 Å². The van der Waals surface area contributed by atoms with E-state index in [9.17, 15) is 32.3 Å². The molecule has 5 atom stereocenters. The van der Waals surface area contributed by atoms with Crippen LogP contribution in [-0.4, -0.2) is 100 Å². The second kappa shape index (κ2) is 17.3. The van der Waals surface area contributed by atoms with Crippen molar-refractivity contribution < 1.29 is 41.8 Å². The highest BCUT2D eigenvalue weighted by Gasteiger charge is 2.52. The van der Waals surface area contributed by atoms with Gasteiger partial charge in [0.1, 0.15) is 23.4 Å². The van der Waals surface area contributed by atoms with E-state index in [1.165, 1.54) is 25.4 Å². The lowest BCUT2D eigenvalue weighted by Crippen LogP contribution is -2.54. The maximum Gasteiger partial charge on any atom is 0.573 e. The molecule has 330 valence electrons. The van der Waals surface area contributed by atoms with E-state index in [1.54, 1.807) is 47.5 Å². The third-order valence-electron chi connectivity index (χ3n) is 12.1. The number of ether oxygens (including phenoxy) is 2. The first-order valence-electron chi connectivity index (χ1n) is 20.8. The Labute approximate surface area is 358 Å². The van der Waals surface area contributed by atoms with Crippen molar-refractivity contribution in [3.63, 3.8) is 0 Å². The number of carbonyl (C=O) groups is 4. The molecule has 0 bridgehead atoms.